The van der Waals surface area contributed by atoms with Crippen molar-refractivity contribution < 1.29 is 9.59 Å². The van der Waals surface area contributed by atoms with Crippen LogP contribution in [0, 0.1) is 0 Å². The summed E-state index contributed by atoms with van der Waals surface area (Å²) in [4.78, 5) is 24.1. The van der Waals surface area contributed by atoms with Crippen LogP contribution in [0.1, 0.15) is 38.5 Å². The van der Waals surface area contributed by atoms with E-state index in [9.17, 15) is 9.59 Å². The van der Waals surface area contributed by atoms with Crippen LogP contribution in [0.5, 0.6) is 0 Å². The van der Waals surface area contributed by atoms with Crippen molar-refractivity contribution >= 4 is 11.8 Å². The molecule has 2 aliphatic heterocycles. The van der Waals surface area contributed by atoms with Gasteiger partial charge in [0.1, 0.15) is 0 Å². The molecule has 0 aliphatic carbocycles. The number of hydrogen-bond acceptors (Lipinski definition) is 3. The minimum Gasteiger partial charge on any atom is -0.314 e. The molecule has 0 aromatic carbocycles. The Hall–Kier alpha value is -0.900. The monoisotopic (exact) mass is 210 g/mol. The van der Waals surface area contributed by atoms with E-state index in [-0.39, 0.29) is 11.8 Å². The largest absolute Gasteiger partial charge is 0.314 e. The minimum atomic E-state index is 0.0100. The van der Waals surface area contributed by atoms with Gasteiger partial charge in [-0.05, 0) is 25.8 Å². The van der Waals surface area contributed by atoms with Crippen LogP contribution in [-0.4, -0.2) is 35.8 Å². The van der Waals surface area contributed by atoms with Crippen LogP contribution in [0.15, 0.2) is 0 Å². The average molecular weight is 210 g/mol. The Morgan fingerprint density at radius 2 is 1.93 bits per heavy atom. The Labute approximate surface area is 90.0 Å². The fourth-order valence-electron chi connectivity index (χ4n) is 2.33. The fraction of sp³-hybridized carbons (Fsp3) is 0.818. The Morgan fingerprint density at radius 3 is 2.53 bits per heavy atom. The second kappa shape index (κ2) is 4.75. The molecular weight excluding hydrogens is 192 g/mol. The lowest BCUT2D eigenvalue weighted by Gasteiger charge is -2.25. The molecule has 0 saturated carbocycles. The number of amides is 2. The van der Waals surface area contributed by atoms with Gasteiger partial charge in [0, 0.05) is 25.4 Å². The summed E-state index contributed by atoms with van der Waals surface area (Å²) >= 11 is 0. The van der Waals surface area contributed by atoms with Gasteiger partial charge in [0.2, 0.25) is 11.8 Å². The van der Waals surface area contributed by atoms with Crippen LogP contribution in [0.2, 0.25) is 0 Å². The first-order valence-electron chi connectivity index (χ1n) is 5.84. The molecule has 0 aromatic heterocycles. The van der Waals surface area contributed by atoms with E-state index in [4.69, 9.17) is 0 Å². The Balaban J connectivity index is 1.76. The van der Waals surface area contributed by atoms with Crippen molar-refractivity contribution in [1.29, 1.82) is 0 Å². The normalized spacial score (nSPS) is 27.5. The molecule has 0 unspecified atom stereocenters. The number of carbonyl (C=O) groups is 2. The van der Waals surface area contributed by atoms with E-state index < -0.39 is 0 Å². The highest BCUT2D eigenvalue weighted by atomic mass is 16.2. The van der Waals surface area contributed by atoms with Gasteiger partial charge in [0.15, 0.2) is 0 Å². The maximum Gasteiger partial charge on any atom is 0.229 e. The van der Waals surface area contributed by atoms with Crippen LogP contribution in [0.4, 0.5) is 0 Å². The van der Waals surface area contributed by atoms with Crippen LogP contribution in [0.25, 0.3) is 0 Å². The van der Waals surface area contributed by atoms with Crippen molar-refractivity contribution in [1.82, 2.24) is 10.2 Å². The first kappa shape index (κ1) is 10.6. The first-order valence-corrected chi connectivity index (χ1v) is 5.84. The highest BCUT2D eigenvalue weighted by molar-refractivity contribution is 6.01. The molecule has 2 rings (SSSR count). The van der Waals surface area contributed by atoms with Crippen LogP contribution < -0.4 is 5.32 Å². The number of hydrogen-bond donors (Lipinski definition) is 1. The topological polar surface area (TPSA) is 49.4 Å². The lowest BCUT2D eigenvalue weighted by Crippen LogP contribution is -2.38. The molecule has 2 aliphatic rings. The van der Waals surface area contributed by atoms with Gasteiger partial charge < -0.3 is 5.32 Å². The Bertz CT molecular complexity index is 243. The third kappa shape index (κ3) is 2.56. The third-order valence-corrected chi connectivity index (χ3v) is 3.27. The molecule has 1 N–H and O–H groups in total. The Kier molecular flexibility index (Phi) is 3.36. The summed E-state index contributed by atoms with van der Waals surface area (Å²) in [6, 6.07) is 0.500. The maximum absolute atomic E-state index is 11.3. The van der Waals surface area contributed by atoms with Crippen LogP contribution in [0.3, 0.4) is 0 Å². The second-order valence-corrected chi connectivity index (χ2v) is 4.37. The molecule has 84 valence electrons. The first-order chi connectivity index (χ1) is 7.27. The summed E-state index contributed by atoms with van der Waals surface area (Å²) in [5.74, 6) is 0.0200. The predicted molar refractivity (Wildman–Crippen MR) is 56.2 cm³/mol. The van der Waals surface area contributed by atoms with Gasteiger partial charge in [-0.1, -0.05) is 6.42 Å². The van der Waals surface area contributed by atoms with Gasteiger partial charge in [0.05, 0.1) is 0 Å². The smallest absolute Gasteiger partial charge is 0.229 e. The lowest BCUT2D eigenvalue weighted by molar-refractivity contribution is -0.138. The molecule has 0 bridgehead atoms. The number of carbonyl (C=O) groups excluding carboxylic acids is 2. The zero-order valence-corrected chi connectivity index (χ0v) is 9.00. The van der Waals surface area contributed by atoms with E-state index >= 15 is 0 Å². The molecule has 0 spiro atoms. The second-order valence-electron chi connectivity index (χ2n) is 4.37. The highest BCUT2D eigenvalue weighted by Gasteiger charge is 2.29. The molecule has 1 atom stereocenters. The van der Waals surface area contributed by atoms with E-state index in [1.165, 1.54) is 24.2 Å². The molecule has 4 nitrogen and oxygen atoms in total. The van der Waals surface area contributed by atoms with Gasteiger partial charge in [-0.3, -0.25) is 14.5 Å². The molecule has 4 heteroatoms. The van der Waals surface area contributed by atoms with E-state index in [1.807, 2.05) is 0 Å². The molecule has 2 saturated heterocycles. The van der Waals surface area contributed by atoms with Crippen molar-refractivity contribution in [3.8, 4) is 0 Å². The van der Waals surface area contributed by atoms with Crippen LogP contribution >= 0.6 is 0 Å². The van der Waals surface area contributed by atoms with Gasteiger partial charge in [-0.25, -0.2) is 0 Å². The molecule has 0 aromatic rings. The van der Waals surface area contributed by atoms with Crippen molar-refractivity contribution in [2.75, 3.05) is 13.1 Å². The minimum absolute atomic E-state index is 0.0100. The van der Waals surface area contributed by atoms with Gasteiger partial charge >= 0.3 is 0 Å². The van der Waals surface area contributed by atoms with E-state index in [0.29, 0.717) is 25.4 Å². The van der Waals surface area contributed by atoms with E-state index in [1.54, 1.807) is 0 Å². The summed E-state index contributed by atoms with van der Waals surface area (Å²) in [6.45, 7) is 1.68. The van der Waals surface area contributed by atoms with Gasteiger partial charge in [-0.2, -0.15) is 0 Å². The number of rotatable bonds is 3. The van der Waals surface area contributed by atoms with Crippen molar-refractivity contribution in [2.24, 2.45) is 0 Å². The Morgan fingerprint density at radius 1 is 1.20 bits per heavy atom. The molecule has 0 radical (unpaired) electrons. The quantitative estimate of drug-likeness (QED) is 0.696. The van der Waals surface area contributed by atoms with E-state index in [0.717, 1.165) is 13.0 Å². The van der Waals surface area contributed by atoms with Crippen LogP contribution in [-0.2, 0) is 9.59 Å². The SMILES string of the molecule is O=C1CCC(=O)N1CC[C@H]1CCCCN1. The van der Waals surface area contributed by atoms with Crippen molar-refractivity contribution in [2.45, 2.75) is 44.6 Å². The van der Waals surface area contributed by atoms with Crippen molar-refractivity contribution in [3.63, 3.8) is 0 Å². The zero-order chi connectivity index (χ0) is 10.7. The number of likely N-dealkylation sites (tertiary alicyclic amines) is 1. The number of imide groups is 1. The number of piperidine rings is 1. The molecule has 2 heterocycles. The standard InChI is InChI=1S/C11H18N2O2/c14-10-4-5-11(15)13(10)8-6-9-3-1-2-7-12-9/h9,12H,1-8H2/t9-/m1/s1. The van der Waals surface area contributed by atoms with E-state index in [2.05, 4.69) is 5.32 Å². The van der Waals surface area contributed by atoms with Crippen molar-refractivity contribution in [3.05, 3.63) is 0 Å². The summed E-state index contributed by atoms with van der Waals surface area (Å²) in [6.07, 6.45) is 5.43. The highest BCUT2D eigenvalue weighted by Crippen LogP contribution is 2.15. The summed E-state index contributed by atoms with van der Waals surface area (Å²) in [5, 5.41) is 3.42. The molecular formula is C11H18N2O2. The number of nitrogens with zero attached hydrogens (tertiary/aromatic N) is 1. The molecule has 15 heavy (non-hydrogen) atoms. The van der Waals surface area contributed by atoms with Gasteiger partial charge in [-0.15, -0.1) is 0 Å². The molecule has 2 fully saturated rings. The average Bonchev–Trinajstić information content (AvgIpc) is 2.58. The third-order valence-electron chi connectivity index (χ3n) is 3.27. The summed E-state index contributed by atoms with van der Waals surface area (Å²) in [5.41, 5.74) is 0. The predicted octanol–water partition coefficient (Wildman–Crippen LogP) is 0.668. The summed E-state index contributed by atoms with van der Waals surface area (Å²) < 4.78 is 0. The molecule has 2 amide bonds. The van der Waals surface area contributed by atoms with Gasteiger partial charge in [0.25, 0.3) is 0 Å². The lowest BCUT2D eigenvalue weighted by atomic mass is 10.0. The maximum atomic E-state index is 11.3. The number of nitrogens with one attached hydrogen (secondary N) is 1. The fourth-order valence-corrected chi connectivity index (χ4v) is 2.33. The summed E-state index contributed by atoms with van der Waals surface area (Å²) in [7, 11) is 0. The zero-order valence-electron chi connectivity index (χ0n) is 9.00.